The summed E-state index contributed by atoms with van der Waals surface area (Å²) in [4.78, 5) is 23.8. The molecule has 0 radical (unpaired) electrons. The van der Waals surface area contributed by atoms with E-state index in [1.807, 2.05) is 6.92 Å². The molecule has 2 amide bonds. The van der Waals surface area contributed by atoms with Crippen LogP contribution >= 0.6 is 0 Å². The number of hydrogen-bond acceptors (Lipinski definition) is 8. The van der Waals surface area contributed by atoms with Gasteiger partial charge < -0.3 is 40.1 Å². The second kappa shape index (κ2) is 20.6. The minimum Gasteiger partial charge on any atom is -0.379 e. The van der Waals surface area contributed by atoms with Crippen LogP contribution in [0.5, 0.6) is 0 Å². The lowest BCUT2D eigenvalue weighted by Crippen LogP contribution is -2.42. The van der Waals surface area contributed by atoms with Crippen LogP contribution in [0, 0.1) is 0 Å². The summed E-state index contributed by atoms with van der Waals surface area (Å²) in [6.45, 7) is 9.38. The van der Waals surface area contributed by atoms with E-state index in [0.717, 1.165) is 13.0 Å². The van der Waals surface area contributed by atoms with Gasteiger partial charge in [0, 0.05) is 33.2 Å². The van der Waals surface area contributed by atoms with Crippen molar-refractivity contribution in [2.45, 2.75) is 71.5 Å². The zero-order chi connectivity index (χ0) is 23.3. The molecule has 0 fully saturated rings. The Morgan fingerprint density at radius 1 is 0.871 bits per heavy atom. The number of nitrogens with one attached hydrogen (secondary N) is 2. The molecule has 0 rings (SSSR count). The van der Waals surface area contributed by atoms with Crippen molar-refractivity contribution in [3.8, 4) is 0 Å². The Balaban J connectivity index is 3.61. The zero-order valence-corrected chi connectivity index (χ0v) is 19.7. The molecule has 31 heavy (non-hydrogen) atoms. The first-order valence-corrected chi connectivity index (χ1v) is 11.2. The van der Waals surface area contributed by atoms with Crippen LogP contribution in [0.3, 0.4) is 0 Å². The van der Waals surface area contributed by atoms with Gasteiger partial charge in [-0.3, -0.25) is 9.59 Å². The summed E-state index contributed by atoms with van der Waals surface area (Å²) in [5.41, 5.74) is 5.84. The Bertz CT molecular complexity index is 455. The molecule has 0 bridgehead atoms. The van der Waals surface area contributed by atoms with Gasteiger partial charge in [0.1, 0.15) is 0 Å². The Morgan fingerprint density at radius 3 is 2.13 bits per heavy atom. The molecule has 0 aliphatic carbocycles. The molecular weight excluding hydrogens is 406 g/mol. The van der Waals surface area contributed by atoms with Gasteiger partial charge >= 0.3 is 0 Å². The molecule has 184 valence electrons. The maximum atomic E-state index is 11.9. The van der Waals surface area contributed by atoms with Crippen molar-refractivity contribution in [1.82, 2.24) is 10.6 Å². The fourth-order valence-corrected chi connectivity index (χ4v) is 2.36. The highest BCUT2D eigenvalue weighted by Crippen LogP contribution is 1.98. The molecular formula is C21H43N3O7. The number of carbonyl (C=O) groups excluding carboxylic acids is 2. The maximum Gasteiger partial charge on any atom is 0.236 e. The summed E-state index contributed by atoms with van der Waals surface area (Å²) in [6, 6.07) is -0.716. The van der Waals surface area contributed by atoms with E-state index in [1.165, 1.54) is 0 Å². The van der Waals surface area contributed by atoms with Crippen LogP contribution in [-0.2, 0) is 33.3 Å². The molecule has 0 aromatic rings. The lowest BCUT2D eigenvalue weighted by atomic mass is 10.1. The maximum absolute atomic E-state index is 11.9. The van der Waals surface area contributed by atoms with Gasteiger partial charge in [-0.25, -0.2) is 0 Å². The third-order valence-corrected chi connectivity index (χ3v) is 4.25. The average Bonchev–Trinajstić information content (AvgIpc) is 2.76. The summed E-state index contributed by atoms with van der Waals surface area (Å²) < 4.78 is 26.6. The van der Waals surface area contributed by atoms with E-state index in [9.17, 15) is 9.59 Å². The van der Waals surface area contributed by atoms with Crippen LogP contribution in [-0.4, -0.2) is 83.7 Å². The van der Waals surface area contributed by atoms with Crippen molar-refractivity contribution in [1.29, 1.82) is 0 Å². The summed E-state index contributed by atoms with van der Waals surface area (Å²) >= 11 is 0. The van der Waals surface area contributed by atoms with E-state index in [-0.39, 0.29) is 37.2 Å². The van der Waals surface area contributed by atoms with Gasteiger partial charge in [-0.15, -0.1) is 0 Å². The summed E-state index contributed by atoms with van der Waals surface area (Å²) in [5.74, 6) is -0.405. The van der Waals surface area contributed by atoms with E-state index in [1.54, 1.807) is 14.0 Å². The van der Waals surface area contributed by atoms with Crippen molar-refractivity contribution in [3.63, 3.8) is 0 Å². The molecule has 4 N–H and O–H groups in total. The summed E-state index contributed by atoms with van der Waals surface area (Å²) in [7, 11) is 1.57. The Labute approximate surface area is 186 Å². The average molecular weight is 450 g/mol. The van der Waals surface area contributed by atoms with Crippen LogP contribution in [0.15, 0.2) is 0 Å². The smallest absolute Gasteiger partial charge is 0.236 e. The third kappa shape index (κ3) is 19.1. The van der Waals surface area contributed by atoms with E-state index in [2.05, 4.69) is 17.6 Å². The molecule has 0 spiro atoms. The lowest BCUT2D eigenvalue weighted by molar-refractivity contribution is -0.139. The van der Waals surface area contributed by atoms with Crippen molar-refractivity contribution in [3.05, 3.63) is 0 Å². The molecule has 3 unspecified atom stereocenters. The van der Waals surface area contributed by atoms with Crippen molar-refractivity contribution >= 4 is 11.8 Å². The highest BCUT2D eigenvalue weighted by molar-refractivity contribution is 5.82. The first-order valence-electron chi connectivity index (χ1n) is 11.2. The quantitative estimate of drug-likeness (QED) is 0.174. The van der Waals surface area contributed by atoms with Gasteiger partial charge in [0.05, 0.1) is 32.5 Å². The third-order valence-electron chi connectivity index (χ3n) is 4.25. The molecule has 3 atom stereocenters. The lowest BCUT2D eigenvalue weighted by Gasteiger charge is -2.15. The number of ether oxygens (including phenoxy) is 5. The normalized spacial score (nSPS) is 14.1. The molecule has 10 heteroatoms. The van der Waals surface area contributed by atoms with Gasteiger partial charge in [-0.1, -0.05) is 6.92 Å². The standard InChI is InChI=1S/C21H43N3O7/c1-5-12-28-15-16-31-18(3)30-14-6-10-23-20(25)9-8-19(22)21(26)24-11-7-13-29-17(2)27-4/h17-19H,5-16,22H2,1-4H3,(H,23,25)(H,24,26). The largest absolute Gasteiger partial charge is 0.379 e. The van der Waals surface area contributed by atoms with Gasteiger partial charge in [0.25, 0.3) is 0 Å². The predicted molar refractivity (Wildman–Crippen MR) is 117 cm³/mol. The predicted octanol–water partition coefficient (Wildman–Crippen LogP) is 0.921. The molecule has 0 saturated carbocycles. The van der Waals surface area contributed by atoms with Crippen molar-refractivity contribution in [2.75, 3.05) is 53.2 Å². The minimum atomic E-state index is -0.716. The topological polar surface area (TPSA) is 130 Å². The van der Waals surface area contributed by atoms with Crippen LogP contribution < -0.4 is 16.4 Å². The number of nitrogens with two attached hydrogens (primary N) is 1. The second-order valence-corrected chi connectivity index (χ2v) is 7.09. The number of carbonyl (C=O) groups is 2. The van der Waals surface area contributed by atoms with Crippen LogP contribution in [0.1, 0.15) is 52.9 Å². The fraction of sp³-hybridized carbons (Fsp3) is 0.905. The molecule has 10 nitrogen and oxygen atoms in total. The minimum absolute atomic E-state index is 0.137. The van der Waals surface area contributed by atoms with Crippen LogP contribution in [0.4, 0.5) is 0 Å². The molecule has 0 saturated heterocycles. The number of methoxy groups -OCH3 is 1. The highest BCUT2D eigenvalue weighted by atomic mass is 16.7. The van der Waals surface area contributed by atoms with Gasteiger partial charge in [0.15, 0.2) is 12.6 Å². The Hall–Kier alpha value is -1.30. The van der Waals surface area contributed by atoms with E-state index >= 15 is 0 Å². The molecule has 0 aromatic heterocycles. The summed E-state index contributed by atoms with van der Waals surface area (Å²) in [5, 5.41) is 5.54. The molecule has 0 aliphatic heterocycles. The van der Waals surface area contributed by atoms with E-state index in [0.29, 0.717) is 52.4 Å². The Kier molecular flexibility index (Phi) is 19.7. The Morgan fingerprint density at radius 2 is 1.48 bits per heavy atom. The first kappa shape index (κ1) is 29.7. The zero-order valence-electron chi connectivity index (χ0n) is 19.7. The molecule has 0 aromatic carbocycles. The molecule has 0 aliphatic rings. The fourth-order valence-electron chi connectivity index (χ4n) is 2.36. The number of amides is 2. The van der Waals surface area contributed by atoms with E-state index in [4.69, 9.17) is 29.4 Å². The first-order chi connectivity index (χ1) is 14.9. The summed E-state index contributed by atoms with van der Waals surface area (Å²) in [6.07, 6.45) is 2.22. The second-order valence-electron chi connectivity index (χ2n) is 7.09. The van der Waals surface area contributed by atoms with Crippen LogP contribution in [0.25, 0.3) is 0 Å². The monoisotopic (exact) mass is 449 g/mol. The SMILES string of the molecule is CCCOCCOC(C)OCCCNC(=O)CCC(N)C(=O)NCCCOC(C)OC. The van der Waals surface area contributed by atoms with Gasteiger partial charge in [0.2, 0.25) is 11.8 Å². The van der Waals surface area contributed by atoms with Crippen molar-refractivity contribution < 1.29 is 33.3 Å². The van der Waals surface area contributed by atoms with Gasteiger partial charge in [-0.05, 0) is 39.5 Å². The van der Waals surface area contributed by atoms with Gasteiger partial charge in [-0.2, -0.15) is 0 Å². The van der Waals surface area contributed by atoms with E-state index < -0.39 is 6.04 Å². The highest BCUT2D eigenvalue weighted by Gasteiger charge is 2.14. The molecule has 0 heterocycles. The number of hydrogen-bond donors (Lipinski definition) is 3. The van der Waals surface area contributed by atoms with Crippen LogP contribution in [0.2, 0.25) is 0 Å². The number of rotatable bonds is 21. The van der Waals surface area contributed by atoms with Crippen molar-refractivity contribution in [2.24, 2.45) is 5.73 Å².